The predicted molar refractivity (Wildman–Crippen MR) is 114 cm³/mol. The number of esters is 1. The molecule has 0 N–H and O–H groups in total. The maximum Gasteiger partial charge on any atom is 0.311 e. The summed E-state index contributed by atoms with van der Waals surface area (Å²) in [6.07, 6.45) is 0. The number of rotatable bonds is 4. The molecule has 2 heterocycles. The molecule has 1 saturated heterocycles. The quantitative estimate of drug-likeness (QED) is 0.494. The Morgan fingerprint density at radius 3 is 2.50 bits per heavy atom. The van der Waals surface area contributed by atoms with Gasteiger partial charge in [0.2, 0.25) is 0 Å². The van der Waals surface area contributed by atoms with Gasteiger partial charge in [0, 0.05) is 34.9 Å². The van der Waals surface area contributed by atoms with Crippen molar-refractivity contribution in [2.45, 2.75) is 38.8 Å². The molecule has 3 rings (SSSR count). The fourth-order valence-corrected chi connectivity index (χ4v) is 5.55. The lowest BCUT2D eigenvalue weighted by molar-refractivity contribution is -0.159. The number of hydrogen-bond acceptors (Lipinski definition) is 4. The smallest absolute Gasteiger partial charge is 0.311 e. The molecule has 0 bridgehead atoms. The monoisotopic (exact) mass is 499 g/mol. The second-order valence-corrected chi connectivity index (χ2v) is 11.0. The molecule has 0 aliphatic carbocycles. The van der Waals surface area contributed by atoms with Gasteiger partial charge < -0.3 is 4.74 Å². The minimum Gasteiger partial charge on any atom is -0.460 e. The molecule has 26 heavy (non-hydrogen) atoms. The Labute approximate surface area is 176 Å². The molecule has 1 aromatic heterocycles. The van der Waals surface area contributed by atoms with Crippen LogP contribution in [0.3, 0.4) is 0 Å². The van der Waals surface area contributed by atoms with Gasteiger partial charge in [-0.25, -0.2) is 0 Å². The topological polar surface area (TPSA) is 29.5 Å². The number of benzene rings is 1. The molecular formula is C20H23Br2NO2S. The Hall–Kier alpha value is -0.690. The molecule has 1 fully saturated rings. The summed E-state index contributed by atoms with van der Waals surface area (Å²) in [4.78, 5) is 16.4. The van der Waals surface area contributed by atoms with Crippen molar-refractivity contribution in [3.8, 4) is 0 Å². The van der Waals surface area contributed by atoms with Crippen LogP contribution in [-0.4, -0.2) is 29.6 Å². The van der Waals surface area contributed by atoms with E-state index in [1.807, 2.05) is 26.8 Å². The van der Waals surface area contributed by atoms with Crippen LogP contribution in [0.1, 0.15) is 37.1 Å². The van der Waals surface area contributed by atoms with Gasteiger partial charge in [0.1, 0.15) is 5.60 Å². The first-order chi connectivity index (χ1) is 12.2. The van der Waals surface area contributed by atoms with Crippen LogP contribution in [0.25, 0.3) is 0 Å². The lowest BCUT2D eigenvalue weighted by atomic mass is 9.94. The summed E-state index contributed by atoms with van der Waals surface area (Å²) in [7, 11) is 0. The van der Waals surface area contributed by atoms with Crippen molar-refractivity contribution in [2.24, 2.45) is 5.92 Å². The van der Waals surface area contributed by atoms with Crippen molar-refractivity contribution in [3.63, 3.8) is 0 Å². The number of thiophene rings is 1. The van der Waals surface area contributed by atoms with Crippen LogP contribution >= 0.6 is 43.2 Å². The molecular weight excluding hydrogens is 478 g/mol. The SMILES string of the molecule is CC(C)(C)OC(=O)C1CN(Cc2ccccc2)CC1c1cc(Br)c(Br)s1. The van der Waals surface area contributed by atoms with Crippen molar-refractivity contribution in [2.75, 3.05) is 13.1 Å². The largest absolute Gasteiger partial charge is 0.460 e. The molecule has 3 nitrogen and oxygen atoms in total. The Bertz CT molecular complexity index is 750. The van der Waals surface area contributed by atoms with E-state index in [-0.39, 0.29) is 17.8 Å². The number of halogens is 2. The van der Waals surface area contributed by atoms with E-state index in [0.717, 1.165) is 27.9 Å². The molecule has 2 atom stereocenters. The highest BCUT2D eigenvalue weighted by Crippen LogP contribution is 2.42. The summed E-state index contributed by atoms with van der Waals surface area (Å²) in [5.74, 6) is -0.0877. The zero-order valence-electron chi connectivity index (χ0n) is 15.2. The summed E-state index contributed by atoms with van der Waals surface area (Å²) in [5, 5.41) is 0. The lowest BCUT2D eigenvalue weighted by Crippen LogP contribution is -2.32. The Morgan fingerprint density at radius 2 is 1.92 bits per heavy atom. The number of carbonyl (C=O) groups is 1. The predicted octanol–water partition coefficient (Wildman–Crippen LogP) is 5.83. The van der Waals surface area contributed by atoms with Crippen LogP contribution in [0.4, 0.5) is 0 Å². The highest BCUT2D eigenvalue weighted by Gasteiger charge is 2.41. The normalized spacial score (nSPS) is 21.1. The molecule has 0 spiro atoms. The molecule has 1 aliphatic heterocycles. The van der Waals surface area contributed by atoms with E-state index in [2.05, 4.69) is 67.1 Å². The number of hydrogen-bond donors (Lipinski definition) is 0. The van der Waals surface area contributed by atoms with E-state index < -0.39 is 5.60 Å². The minimum absolute atomic E-state index is 0.0984. The van der Waals surface area contributed by atoms with Gasteiger partial charge in [-0.15, -0.1) is 11.3 Å². The summed E-state index contributed by atoms with van der Waals surface area (Å²) >= 11 is 8.85. The first-order valence-electron chi connectivity index (χ1n) is 8.67. The Morgan fingerprint density at radius 1 is 1.23 bits per heavy atom. The third-order valence-corrected chi connectivity index (χ3v) is 7.77. The summed E-state index contributed by atoms with van der Waals surface area (Å²) < 4.78 is 7.83. The summed E-state index contributed by atoms with van der Waals surface area (Å²) in [5.41, 5.74) is 0.801. The third-order valence-electron chi connectivity index (χ3n) is 4.38. The van der Waals surface area contributed by atoms with Gasteiger partial charge in [0.25, 0.3) is 0 Å². The zero-order chi connectivity index (χ0) is 18.9. The van der Waals surface area contributed by atoms with Crippen LogP contribution in [0, 0.1) is 5.92 Å². The fourth-order valence-electron chi connectivity index (χ4n) is 3.31. The number of carbonyl (C=O) groups excluding carboxylic acids is 1. The van der Waals surface area contributed by atoms with Gasteiger partial charge in [-0.2, -0.15) is 0 Å². The maximum absolute atomic E-state index is 12.9. The maximum atomic E-state index is 12.9. The van der Waals surface area contributed by atoms with Crippen LogP contribution in [0.5, 0.6) is 0 Å². The first-order valence-corrected chi connectivity index (χ1v) is 11.1. The summed E-state index contributed by atoms with van der Waals surface area (Å²) in [6, 6.07) is 12.5. The number of nitrogens with zero attached hydrogens (tertiary/aromatic N) is 1. The fraction of sp³-hybridized carbons (Fsp3) is 0.450. The van der Waals surface area contributed by atoms with Gasteiger partial charge in [0.05, 0.1) is 9.70 Å². The van der Waals surface area contributed by atoms with Crippen molar-refractivity contribution in [1.82, 2.24) is 4.90 Å². The van der Waals surface area contributed by atoms with Gasteiger partial charge in [-0.05, 0) is 64.3 Å². The van der Waals surface area contributed by atoms with Crippen molar-refractivity contribution >= 4 is 49.2 Å². The van der Waals surface area contributed by atoms with Gasteiger partial charge >= 0.3 is 5.97 Å². The first kappa shape index (κ1) is 20.1. The zero-order valence-corrected chi connectivity index (χ0v) is 19.2. The Balaban J connectivity index is 1.82. The van der Waals surface area contributed by atoms with Gasteiger partial charge in [0.15, 0.2) is 0 Å². The van der Waals surface area contributed by atoms with E-state index in [4.69, 9.17) is 4.74 Å². The van der Waals surface area contributed by atoms with Gasteiger partial charge in [-0.1, -0.05) is 30.3 Å². The molecule has 1 aromatic carbocycles. The number of ether oxygens (including phenoxy) is 1. The van der Waals surface area contributed by atoms with E-state index in [1.54, 1.807) is 11.3 Å². The molecule has 2 unspecified atom stereocenters. The lowest BCUT2D eigenvalue weighted by Gasteiger charge is -2.24. The van der Waals surface area contributed by atoms with Gasteiger partial charge in [-0.3, -0.25) is 9.69 Å². The van der Waals surface area contributed by atoms with E-state index >= 15 is 0 Å². The van der Waals surface area contributed by atoms with Crippen molar-refractivity contribution < 1.29 is 9.53 Å². The van der Waals surface area contributed by atoms with Crippen LogP contribution in [0.2, 0.25) is 0 Å². The highest BCUT2D eigenvalue weighted by molar-refractivity contribution is 9.13. The third kappa shape index (κ3) is 4.97. The van der Waals surface area contributed by atoms with Crippen molar-refractivity contribution in [3.05, 3.63) is 55.1 Å². The highest BCUT2D eigenvalue weighted by atomic mass is 79.9. The van der Waals surface area contributed by atoms with Crippen LogP contribution < -0.4 is 0 Å². The second-order valence-electron chi connectivity index (χ2n) is 7.70. The summed E-state index contributed by atoms with van der Waals surface area (Å²) in [6.45, 7) is 8.21. The van der Waals surface area contributed by atoms with E-state index in [0.29, 0.717) is 0 Å². The van der Waals surface area contributed by atoms with Crippen LogP contribution in [-0.2, 0) is 16.1 Å². The molecule has 140 valence electrons. The van der Waals surface area contributed by atoms with Crippen LogP contribution in [0.15, 0.2) is 44.7 Å². The Kier molecular flexibility index (Phi) is 6.27. The molecule has 0 radical (unpaired) electrons. The standard InChI is InChI=1S/C20H23Br2NO2S/c1-20(2,3)25-19(24)15-12-23(10-13-7-5-4-6-8-13)11-14(15)17-9-16(21)18(22)26-17/h4-9,14-15H,10-12H2,1-3H3. The van der Waals surface area contributed by atoms with Crippen molar-refractivity contribution in [1.29, 1.82) is 0 Å². The second kappa shape index (κ2) is 8.13. The molecule has 2 aromatic rings. The molecule has 6 heteroatoms. The van der Waals surface area contributed by atoms with E-state index in [9.17, 15) is 4.79 Å². The average molecular weight is 501 g/mol. The number of likely N-dealkylation sites (tertiary alicyclic amines) is 1. The molecule has 0 saturated carbocycles. The van der Waals surface area contributed by atoms with E-state index in [1.165, 1.54) is 10.4 Å². The molecule has 0 amide bonds. The average Bonchev–Trinajstić information content (AvgIpc) is 3.11. The minimum atomic E-state index is -0.467. The molecule has 1 aliphatic rings.